The molecule has 1 aromatic carbocycles. The Morgan fingerprint density at radius 3 is 2.26 bits per heavy atom. The fourth-order valence-electron chi connectivity index (χ4n) is 3.15. The molecule has 1 aliphatic carbocycles. The van der Waals surface area contributed by atoms with E-state index in [2.05, 4.69) is 22.4 Å². The van der Waals surface area contributed by atoms with Crippen molar-refractivity contribution in [2.45, 2.75) is 32.2 Å². The highest BCUT2D eigenvalue weighted by Crippen LogP contribution is 2.29. The van der Waals surface area contributed by atoms with Crippen LogP contribution in [0.25, 0.3) is 0 Å². The molecule has 0 bridgehead atoms. The maximum Gasteiger partial charge on any atom is 0.337 e. The molecule has 0 spiro atoms. The van der Waals surface area contributed by atoms with Crippen molar-refractivity contribution in [2.24, 2.45) is 0 Å². The summed E-state index contributed by atoms with van der Waals surface area (Å²) in [6, 6.07) is 11.0. The van der Waals surface area contributed by atoms with E-state index >= 15 is 0 Å². The molecule has 1 amide bonds. The zero-order chi connectivity index (χ0) is 16.6. The number of nitrogens with one attached hydrogen (secondary N) is 1. The highest BCUT2D eigenvalue weighted by molar-refractivity contribution is 5.95. The van der Waals surface area contributed by atoms with Gasteiger partial charge in [0.1, 0.15) is 5.69 Å². The first-order valence-corrected chi connectivity index (χ1v) is 7.48. The summed E-state index contributed by atoms with van der Waals surface area (Å²) in [6.07, 6.45) is 1.56. The number of aromatic nitrogens is 1. The van der Waals surface area contributed by atoms with E-state index in [4.69, 9.17) is 5.11 Å². The molecule has 1 heterocycles. The molecule has 5 nitrogen and oxygen atoms in total. The molecule has 1 aromatic heterocycles. The number of aromatic carboxylic acids is 1. The van der Waals surface area contributed by atoms with Gasteiger partial charge in [0.2, 0.25) is 0 Å². The first kappa shape index (κ1) is 15.2. The Labute approximate surface area is 134 Å². The van der Waals surface area contributed by atoms with Crippen molar-refractivity contribution in [3.05, 3.63) is 64.5 Å². The van der Waals surface area contributed by atoms with Crippen LogP contribution in [0.5, 0.6) is 0 Å². The van der Waals surface area contributed by atoms with Crippen LogP contribution in [0.1, 0.15) is 44.6 Å². The lowest BCUT2D eigenvalue weighted by molar-refractivity contribution is 0.0694. The van der Waals surface area contributed by atoms with Gasteiger partial charge >= 0.3 is 5.97 Å². The van der Waals surface area contributed by atoms with Crippen LogP contribution < -0.4 is 5.32 Å². The second-order valence-electron chi connectivity index (χ2n) is 6.27. The number of rotatable bonds is 3. The topological polar surface area (TPSA) is 79.3 Å². The van der Waals surface area contributed by atoms with Crippen molar-refractivity contribution in [1.29, 1.82) is 0 Å². The molecule has 3 rings (SSSR count). The molecule has 2 N–H and O–H groups in total. The van der Waals surface area contributed by atoms with E-state index in [1.807, 2.05) is 19.1 Å². The van der Waals surface area contributed by atoms with Crippen molar-refractivity contribution >= 4 is 11.9 Å². The van der Waals surface area contributed by atoms with Gasteiger partial charge in [-0.3, -0.25) is 4.79 Å². The smallest absolute Gasteiger partial charge is 0.337 e. The molecule has 0 atom stereocenters. The van der Waals surface area contributed by atoms with E-state index in [9.17, 15) is 9.59 Å². The minimum atomic E-state index is -1.04. The van der Waals surface area contributed by atoms with E-state index < -0.39 is 5.97 Å². The third-order valence-electron chi connectivity index (χ3n) is 4.24. The Hall–Kier alpha value is -2.69. The highest BCUT2D eigenvalue weighted by Gasteiger charge is 2.34. The van der Waals surface area contributed by atoms with Crippen LogP contribution in [0.2, 0.25) is 0 Å². The van der Waals surface area contributed by atoms with Gasteiger partial charge in [-0.25, -0.2) is 9.78 Å². The molecule has 0 radical (unpaired) electrons. The van der Waals surface area contributed by atoms with E-state index in [0.29, 0.717) is 5.69 Å². The van der Waals surface area contributed by atoms with Gasteiger partial charge in [0, 0.05) is 5.54 Å². The zero-order valence-corrected chi connectivity index (χ0v) is 13.1. The monoisotopic (exact) mass is 310 g/mol. The number of hydrogen-bond acceptors (Lipinski definition) is 3. The van der Waals surface area contributed by atoms with Crippen LogP contribution in [0.4, 0.5) is 0 Å². The molecule has 2 aromatic rings. The van der Waals surface area contributed by atoms with Gasteiger partial charge in [0.15, 0.2) is 0 Å². The average molecular weight is 310 g/mol. The Morgan fingerprint density at radius 2 is 1.74 bits per heavy atom. The van der Waals surface area contributed by atoms with Crippen LogP contribution in [0.3, 0.4) is 0 Å². The Balaban J connectivity index is 1.78. The summed E-state index contributed by atoms with van der Waals surface area (Å²) in [5.41, 5.74) is 2.85. The lowest BCUT2D eigenvalue weighted by Crippen LogP contribution is -2.47. The maximum absolute atomic E-state index is 12.5. The Bertz CT molecular complexity index is 774. The molecular weight excluding hydrogens is 292 g/mol. The number of aryl methyl sites for hydroxylation is 1. The van der Waals surface area contributed by atoms with Gasteiger partial charge < -0.3 is 10.4 Å². The number of hydrogen-bond donors (Lipinski definition) is 2. The van der Waals surface area contributed by atoms with Crippen molar-refractivity contribution < 1.29 is 14.7 Å². The number of benzene rings is 1. The number of nitrogens with zero attached hydrogens (tertiary/aromatic N) is 1. The standard InChI is InChI=1S/C18H18N2O3/c1-11-14(17(22)23)7-8-15(19-11)16(21)20-18(2)9-12-5-3-4-6-13(12)10-18/h3-8H,9-10H2,1-2H3,(H,20,21)(H,22,23). The zero-order valence-electron chi connectivity index (χ0n) is 13.1. The minimum absolute atomic E-state index is 0.112. The lowest BCUT2D eigenvalue weighted by atomic mass is 9.98. The molecule has 0 aliphatic heterocycles. The normalized spacial score (nSPS) is 15.0. The van der Waals surface area contributed by atoms with E-state index in [-0.39, 0.29) is 22.7 Å². The Morgan fingerprint density at radius 1 is 1.13 bits per heavy atom. The molecule has 23 heavy (non-hydrogen) atoms. The SMILES string of the molecule is Cc1nc(C(=O)NC2(C)Cc3ccccc3C2)ccc1C(=O)O. The first-order chi connectivity index (χ1) is 10.9. The van der Waals surface area contributed by atoms with Gasteiger partial charge in [-0.05, 0) is 49.9 Å². The summed E-state index contributed by atoms with van der Waals surface area (Å²) < 4.78 is 0. The largest absolute Gasteiger partial charge is 0.478 e. The Kier molecular flexibility index (Phi) is 3.64. The van der Waals surface area contributed by atoms with Crippen LogP contribution in [-0.2, 0) is 12.8 Å². The van der Waals surface area contributed by atoms with Crippen molar-refractivity contribution in [3.63, 3.8) is 0 Å². The van der Waals surface area contributed by atoms with Crippen molar-refractivity contribution in [1.82, 2.24) is 10.3 Å². The number of amides is 1. The second kappa shape index (κ2) is 5.50. The summed E-state index contributed by atoms with van der Waals surface area (Å²) in [7, 11) is 0. The molecule has 118 valence electrons. The molecule has 0 saturated carbocycles. The highest BCUT2D eigenvalue weighted by atomic mass is 16.4. The number of fused-ring (bicyclic) bond motifs is 1. The lowest BCUT2D eigenvalue weighted by Gasteiger charge is -2.25. The first-order valence-electron chi connectivity index (χ1n) is 7.48. The van der Waals surface area contributed by atoms with Crippen LogP contribution >= 0.6 is 0 Å². The second-order valence-corrected chi connectivity index (χ2v) is 6.27. The maximum atomic E-state index is 12.5. The summed E-state index contributed by atoms with van der Waals surface area (Å²) in [5.74, 6) is -1.32. The summed E-state index contributed by atoms with van der Waals surface area (Å²) in [5, 5.41) is 12.1. The number of pyridine rings is 1. The number of carbonyl (C=O) groups is 2. The summed E-state index contributed by atoms with van der Waals surface area (Å²) >= 11 is 0. The summed E-state index contributed by atoms with van der Waals surface area (Å²) in [6.45, 7) is 3.61. The molecule has 0 saturated heterocycles. The number of carbonyl (C=O) groups excluding carboxylic acids is 1. The van der Waals surface area contributed by atoms with E-state index in [0.717, 1.165) is 12.8 Å². The molecule has 1 aliphatic rings. The molecule has 0 unspecified atom stereocenters. The third-order valence-corrected chi connectivity index (χ3v) is 4.24. The van der Waals surface area contributed by atoms with Gasteiger partial charge in [0.25, 0.3) is 5.91 Å². The van der Waals surface area contributed by atoms with Crippen LogP contribution in [0.15, 0.2) is 36.4 Å². The van der Waals surface area contributed by atoms with Gasteiger partial charge in [-0.15, -0.1) is 0 Å². The van der Waals surface area contributed by atoms with Crippen molar-refractivity contribution in [2.75, 3.05) is 0 Å². The van der Waals surface area contributed by atoms with Gasteiger partial charge in [-0.2, -0.15) is 0 Å². The fourth-order valence-corrected chi connectivity index (χ4v) is 3.15. The molecule has 5 heteroatoms. The van der Waals surface area contributed by atoms with E-state index in [1.54, 1.807) is 6.92 Å². The van der Waals surface area contributed by atoms with Crippen molar-refractivity contribution in [3.8, 4) is 0 Å². The molecular formula is C18H18N2O3. The van der Waals surface area contributed by atoms with Crippen LogP contribution in [0, 0.1) is 6.92 Å². The number of carboxylic acids is 1. The average Bonchev–Trinajstić information content (AvgIpc) is 2.82. The van der Waals surface area contributed by atoms with Crippen LogP contribution in [-0.4, -0.2) is 27.5 Å². The predicted molar refractivity (Wildman–Crippen MR) is 85.7 cm³/mol. The molecule has 0 fully saturated rings. The predicted octanol–water partition coefficient (Wildman–Crippen LogP) is 2.38. The minimum Gasteiger partial charge on any atom is -0.478 e. The fraction of sp³-hybridized carbons (Fsp3) is 0.278. The number of carboxylic acid groups (broad SMARTS) is 1. The van der Waals surface area contributed by atoms with E-state index in [1.165, 1.54) is 23.3 Å². The van der Waals surface area contributed by atoms with Gasteiger partial charge in [0.05, 0.1) is 11.3 Å². The summed E-state index contributed by atoms with van der Waals surface area (Å²) in [4.78, 5) is 27.6. The van der Waals surface area contributed by atoms with Gasteiger partial charge in [-0.1, -0.05) is 24.3 Å². The quantitative estimate of drug-likeness (QED) is 0.912. The third kappa shape index (κ3) is 2.95.